The number of rotatable bonds is 0. The summed E-state index contributed by atoms with van der Waals surface area (Å²) in [5.41, 5.74) is 4.22. The van der Waals surface area contributed by atoms with E-state index in [-0.39, 0.29) is 11.0 Å². The number of hydrogen-bond acceptors (Lipinski definition) is 1. The van der Waals surface area contributed by atoms with Gasteiger partial charge in [-0.05, 0) is 51.0 Å². The Balaban J connectivity index is 3.24. The Morgan fingerprint density at radius 3 is 1.58 bits per heavy atom. The van der Waals surface area contributed by atoms with Crippen LogP contribution in [0.3, 0.4) is 0 Å². The van der Waals surface area contributed by atoms with E-state index in [1.165, 1.54) is 19.4 Å². The highest BCUT2D eigenvalue weighted by Crippen LogP contribution is 2.41. The lowest BCUT2D eigenvalue weighted by Crippen LogP contribution is -2.43. The van der Waals surface area contributed by atoms with E-state index < -0.39 is 0 Å². The van der Waals surface area contributed by atoms with Crippen LogP contribution in [0.4, 0.5) is 0 Å². The van der Waals surface area contributed by atoms with Crippen LogP contribution in [0.1, 0.15) is 75.2 Å². The molecule has 0 atom stereocenters. The van der Waals surface area contributed by atoms with E-state index in [4.69, 9.17) is 0 Å². The van der Waals surface area contributed by atoms with Crippen molar-refractivity contribution in [1.82, 2.24) is 4.90 Å². The fourth-order valence-corrected chi connectivity index (χ4v) is 3.05. The highest BCUT2D eigenvalue weighted by atomic mass is 15.2. The largest absolute Gasteiger partial charge is 0.295 e. The minimum Gasteiger partial charge on any atom is -0.295 e. The standard InChI is InChI=1S/C18H35N/c1-16(2,3)14-11-10-12-19(18(7,8)9)13-15(14)17(4,5)6/h10-13H2,1-9H3. The van der Waals surface area contributed by atoms with E-state index in [9.17, 15) is 0 Å². The third-order valence-corrected chi connectivity index (χ3v) is 4.33. The maximum atomic E-state index is 2.66. The van der Waals surface area contributed by atoms with Crippen LogP contribution < -0.4 is 0 Å². The second-order valence-electron chi connectivity index (χ2n) is 9.15. The number of nitrogens with zero attached hydrogens (tertiary/aromatic N) is 1. The summed E-state index contributed by atoms with van der Waals surface area (Å²) in [4.78, 5) is 2.66. The van der Waals surface area contributed by atoms with E-state index >= 15 is 0 Å². The second kappa shape index (κ2) is 5.24. The molecule has 0 radical (unpaired) electrons. The highest BCUT2D eigenvalue weighted by molar-refractivity contribution is 5.27. The average molecular weight is 265 g/mol. The third kappa shape index (κ3) is 4.34. The summed E-state index contributed by atoms with van der Waals surface area (Å²) in [6.07, 6.45) is 2.56. The molecule has 0 N–H and O–H groups in total. The molecule has 1 heteroatoms. The molecule has 0 aromatic rings. The smallest absolute Gasteiger partial charge is 0.0206 e. The van der Waals surface area contributed by atoms with E-state index in [0.717, 1.165) is 6.54 Å². The molecule has 0 saturated heterocycles. The van der Waals surface area contributed by atoms with Crippen LogP contribution in [0.15, 0.2) is 11.1 Å². The van der Waals surface area contributed by atoms with Crippen molar-refractivity contribution in [2.75, 3.05) is 13.1 Å². The average Bonchev–Trinajstić information content (AvgIpc) is 2.35. The molecule has 0 aromatic heterocycles. The van der Waals surface area contributed by atoms with Crippen molar-refractivity contribution in [2.24, 2.45) is 10.8 Å². The zero-order chi connectivity index (χ0) is 15.1. The summed E-state index contributed by atoms with van der Waals surface area (Å²) in [6.45, 7) is 23.6. The SMILES string of the molecule is CC(C)(C)C1=C(C(C)(C)C)CN(C(C)(C)C)CCC1. The summed E-state index contributed by atoms with van der Waals surface area (Å²) < 4.78 is 0. The van der Waals surface area contributed by atoms with Gasteiger partial charge in [-0.3, -0.25) is 4.90 Å². The van der Waals surface area contributed by atoms with E-state index in [1.54, 1.807) is 11.1 Å². The fourth-order valence-electron chi connectivity index (χ4n) is 3.05. The highest BCUT2D eigenvalue weighted by Gasteiger charge is 2.33. The van der Waals surface area contributed by atoms with Crippen molar-refractivity contribution < 1.29 is 0 Å². The lowest BCUT2D eigenvalue weighted by molar-refractivity contribution is 0.145. The van der Waals surface area contributed by atoms with Gasteiger partial charge in [0.15, 0.2) is 0 Å². The van der Waals surface area contributed by atoms with Crippen molar-refractivity contribution in [3.8, 4) is 0 Å². The zero-order valence-corrected chi connectivity index (χ0v) is 14.8. The monoisotopic (exact) mass is 265 g/mol. The summed E-state index contributed by atoms with van der Waals surface area (Å²) >= 11 is 0. The fraction of sp³-hybridized carbons (Fsp3) is 0.889. The summed E-state index contributed by atoms with van der Waals surface area (Å²) in [5, 5.41) is 0. The van der Waals surface area contributed by atoms with Gasteiger partial charge in [-0.2, -0.15) is 0 Å². The maximum Gasteiger partial charge on any atom is 0.0206 e. The minimum absolute atomic E-state index is 0.268. The van der Waals surface area contributed by atoms with Crippen molar-refractivity contribution in [3.05, 3.63) is 11.1 Å². The molecule has 0 amide bonds. The van der Waals surface area contributed by atoms with Crippen LogP contribution in [0, 0.1) is 10.8 Å². The molecule has 0 unspecified atom stereocenters. The molecule has 1 heterocycles. The van der Waals surface area contributed by atoms with Crippen LogP contribution in [-0.4, -0.2) is 23.5 Å². The Morgan fingerprint density at radius 2 is 1.21 bits per heavy atom. The molecular weight excluding hydrogens is 230 g/mol. The van der Waals surface area contributed by atoms with Gasteiger partial charge in [0, 0.05) is 12.1 Å². The normalized spacial score (nSPS) is 20.7. The van der Waals surface area contributed by atoms with Gasteiger partial charge in [-0.25, -0.2) is 0 Å². The van der Waals surface area contributed by atoms with Gasteiger partial charge in [-0.1, -0.05) is 52.7 Å². The van der Waals surface area contributed by atoms with Gasteiger partial charge in [0.2, 0.25) is 0 Å². The Morgan fingerprint density at radius 1 is 0.737 bits per heavy atom. The molecule has 0 aromatic carbocycles. The molecule has 0 saturated carbocycles. The van der Waals surface area contributed by atoms with Gasteiger partial charge in [0.05, 0.1) is 0 Å². The third-order valence-electron chi connectivity index (χ3n) is 4.33. The topological polar surface area (TPSA) is 3.24 Å². The minimum atomic E-state index is 0.268. The molecule has 0 bridgehead atoms. The Labute approximate surface area is 121 Å². The van der Waals surface area contributed by atoms with Crippen LogP contribution >= 0.6 is 0 Å². The summed E-state index contributed by atoms with van der Waals surface area (Å²) in [5.74, 6) is 0. The van der Waals surface area contributed by atoms with E-state index in [0.29, 0.717) is 5.41 Å². The quantitative estimate of drug-likeness (QED) is 0.539. The van der Waals surface area contributed by atoms with Gasteiger partial charge in [0.1, 0.15) is 0 Å². The molecule has 0 aliphatic carbocycles. The first-order valence-corrected chi connectivity index (χ1v) is 7.81. The predicted molar refractivity (Wildman–Crippen MR) is 86.5 cm³/mol. The van der Waals surface area contributed by atoms with E-state index in [1.807, 2.05) is 0 Å². The van der Waals surface area contributed by atoms with Crippen LogP contribution in [0.25, 0.3) is 0 Å². The van der Waals surface area contributed by atoms with Crippen molar-refractivity contribution in [2.45, 2.75) is 80.7 Å². The van der Waals surface area contributed by atoms with Gasteiger partial charge >= 0.3 is 0 Å². The Hall–Kier alpha value is -0.300. The molecule has 112 valence electrons. The number of allylic oxidation sites excluding steroid dienone is 1. The molecule has 0 spiro atoms. The molecule has 19 heavy (non-hydrogen) atoms. The molecule has 1 rings (SSSR count). The molecule has 0 fully saturated rings. The van der Waals surface area contributed by atoms with E-state index in [2.05, 4.69) is 67.2 Å². The maximum absolute atomic E-state index is 2.66. The van der Waals surface area contributed by atoms with Crippen LogP contribution in [0.5, 0.6) is 0 Å². The molecular formula is C18H35N. The molecule has 1 nitrogen and oxygen atoms in total. The Bertz CT molecular complexity index is 341. The first kappa shape index (κ1) is 16.8. The predicted octanol–water partition coefficient (Wildman–Crippen LogP) is 5.27. The summed E-state index contributed by atoms with van der Waals surface area (Å²) in [6, 6.07) is 0. The van der Waals surface area contributed by atoms with Gasteiger partial charge in [-0.15, -0.1) is 0 Å². The van der Waals surface area contributed by atoms with Crippen molar-refractivity contribution in [1.29, 1.82) is 0 Å². The van der Waals surface area contributed by atoms with Crippen LogP contribution in [0.2, 0.25) is 0 Å². The lowest BCUT2D eigenvalue weighted by Gasteiger charge is -2.39. The first-order valence-electron chi connectivity index (χ1n) is 7.81. The van der Waals surface area contributed by atoms with Gasteiger partial charge in [0.25, 0.3) is 0 Å². The molecule has 1 aliphatic heterocycles. The lowest BCUT2D eigenvalue weighted by atomic mass is 9.73. The van der Waals surface area contributed by atoms with Gasteiger partial charge < -0.3 is 0 Å². The second-order valence-corrected chi connectivity index (χ2v) is 9.15. The van der Waals surface area contributed by atoms with Crippen molar-refractivity contribution in [3.63, 3.8) is 0 Å². The Kier molecular flexibility index (Phi) is 4.62. The van der Waals surface area contributed by atoms with Crippen LogP contribution in [-0.2, 0) is 0 Å². The van der Waals surface area contributed by atoms with Crippen molar-refractivity contribution >= 4 is 0 Å². The summed E-state index contributed by atoms with van der Waals surface area (Å²) in [7, 11) is 0. The first-order chi connectivity index (χ1) is 8.33. The number of hydrogen-bond donors (Lipinski definition) is 0. The molecule has 1 aliphatic rings. The zero-order valence-electron chi connectivity index (χ0n) is 14.8.